The topological polar surface area (TPSA) is 75.5 Å². The van der Waals surface area contributed by atoms with Crippen molar-refractivity contribution in [3.63, 3.8) is 0 Å². The third-order valence-corrected chi connectivity index (χ3v) is 6.73. The number of benzene rings is 2. The minimum atomic E-state index is -0.480. The molecule has 1 atom stereocenters. The number of hydrogen-bond acceptors (Lipinski definition) is 5. The van der Waals surface area contributed by atoms with E-state index in [-0.39, 0.29) is 17.2 Å². The number of halogens is 2. The van der Waals surface area contributed by atoms with Gasteiger partial charge in [-0.25, -0.2) is 0 Å². The quantitative estimate of drug-likeness (QED) is 0.456. The monoisotopic (exact) mass is 453 g/mol. The minimum Gasteiger partial charge on any atom is -0.350 e. The molecule has 0 aliphatic carbocycles. The van der Waals surface area contributed by atoms with Crippen molar-refractivity contribution in [3.05, 3.63) is 62.1 Å². The lowest BCUT2D eigenvalue weighted by atomic mass is 10.1. The van der Waals surface area contributed by atoms with Crippen molar-refractivity contribution in [2.45, 2.75) is 35.6 Å². The first-order chi connectivity index (χ1) is 13.9. The third kappa shape index (κ3) is 5.42. The lowest BCUT2D eigenvalue weighted by molar-refractivity contribution is -0.387. The molecule has 1 saturated heterocycles. The molecule has 154 valence electrons. The van der Waals surface area contributed by atoms with Crippen LogP contribution in [0.4, 0.5) is 5.69 Å². The molecule has 6 nitrogen and oxygen atoms in total. The zero-order valence-electron chi connectivity index (χ0n) is 15.9. The van der Waals surface area contributed by atoms with E-state index in [2.05, 4.69) is 17.1 Å². The molecule has 2 aromatic rings. The maximum atomic E-state index is 12.5. The Bertz CT molecular complexity index is 926. The Morgan fingerprint density at radius 2 is 2.07 bits per heavy atom. The van der Waals surface area contributed by atoms with Crippen LogP contribution < -0.4 is 5.32 Å². The highest BCUT2D eigenvalue weighted by Crippen LogP contribution is 2.37. The van der Waals surface area contributed by atoms with E-state index in [0.29, 0.717) is 27.5 Å². The second-order valence-corrected chi connectivity index (χ2v) is 8.68. The number of hydrogen-bond donors (Lipinski definition) is 1. The summed E-state index contributed by atoms with van der Waals surface area (Å²) in [4.78, 5) is 27.1. The Labute approximate surface area is 183 Å². The van der Waals surface area contributed by atoms with E-state index in [4.69, 9.17) is 23.2 Å². The van der Waals surface area contributed by atoms with E-state index in [1.807, 2.05) is 0 Å². The van der Waals surface area contributed by atoms with Crippen LogP contribution in [0.5, 0.6) is 0 Å². The van der Waals surface area contributed by atoms with Gasteiger partial charge in [0.1, 0.15) is 0 Å². The summed E-state index contributed by atoms with van der Waals surface area (Å²) >= 11 is 13.1. The van der Waals surface area contributed by atoms with Crippen LogP contribution in [0.25, 0.3) is 0 Å². The Morgan fingerprint density at radius 3 is 2.76 bits per heavy atom. The number of likely N-dealkylation sites (N-methyl/N-ethyl adjacent to an activating group) is 1. The van der Waals surface area contributed by atoms with Crippen molar-refractivity contribution in [3.8, 4) is 0 Å². The van der Waals surface area contributed by atoms with Gasteiger partial charge in [-0.05, 0) is 56.3 Å². The number of likely N-dealkylation sites (tertiary alicyclic amines) is 1. The molecule has 1 heterocycles. The molecule has 1 unspecified atom stereocenters. The molecular weight excluding hydrogens is 433 g/mol. The van der Waals surface area contributed by atoms with Crippen LogP contribution in [0.2, 0.25) is 10.0 Å². The smallest absolute Gasteiger partial charge is 0.284 e. The van der Waals surface area contributed by atoms with Gasteiger partial charge < -0.3 is 5.32 Å². The van der Waals surface area contributed by atoms with Gasteiger partial charge in [0.15, 0.2) is 0 Å². The molecule has 9 heteroatoms. The van der Waals surface area contributed by atoms with E-state index < -0.39 is 4.92 Å². The molecule has 1 amide bonds. The molecule has 3 rings (SSSR count). The average Bonchev–Trinajstić information content (AvgIpc) is 3.16. The summed E-state index contributed by atoms with van der Waals surface area (Å²) in [5, 5.41) is 15.3. The van der Waals surface area contributed by atoms with Gasteiger partial charge in [-0.15, -0.1) is 0 Å². The summed E-state index contributed by atoms with van der Waals surface area (Å²) in [5.74, 6) is -0.304. The van der Waals surface area contributed by atoms with E-state index in [1.165, 1.54) is 17.8 Å². The summed E-state index contributed by atoms with van der Waals surface area (Å²) in [6.45, 7) is 4.64. The van der Waals surface area contributed by atoms with Crippen LogP contribution >= 0.6 is 35.0 Å². The summed E-state index contributed by atoms with van der Waals surface area (Å²) in [6, 6.07) is 9.87. The normalized spacial score (nSPS) is 16.7. The lowest BCUT2D eigenvalue weighted by Gasteiger charge is -2.22. The number of nitrogens with one attached hydrogen (secondary N) is 1. The first-order valence-corrected chi connectivity index (χ1v) is 10.9. The molecule has 1 N–H and O–H groups in total. The molecule has 1 aliphatic rings. The van der Waals surface area contributed by atoms with Gasteiger partial charge in [0.05, 0.1) is 19.9 Å². The number of carbonyl (C=O) groups is 1. The van der Waals surface area contributed by atoms with Crippen molar-refractivity contribution in [1.29, 1.82) is 0 Å². The molecule has 1 fully saturated rings. The van der Waals surface area contributed by atoms with Gasteiger partial charge in [-0.2, -0.15) is 0 Å². The molecule has 0 saturated carbocycles. The Balaban J connectivity index is 1.73. The molecule has 29 heavy (non-hydrogen) atoms. The zero-order valence-corrected chi connectivity index (χ0v) is 18.2. The van der Waals surface area contributed by atoms with E-state index in [9.17, 15) is 14.9 Å². The van der Waals surface area contributed by atoms with Gasteiger partial charge in [-0.3, -0.25) is 19.8 Å². The summed E-state index contributed by atoms with van der Waals surface area (Å²) < 4.78 is 0. The van der Waals surface area contributed by atoms with Crippen molar-refractivity contribution in [1.82, 2.24) is 10.2 Å². The van der Waals surface area contributed by atoms with Gasteiger partial charge in [0.25, 0.3) is 11.6 Å². The highest BCUT2D eigenvalue weighted by Gasteiger charge is 2.24. The van der Waals surface area contributed by atoms with Crippen molar-refractivity contribution in [2.24, 2.45) is 0 Å². The Morgan fingerprint density at radius 1 is 1.28 bits per heavy atom. The minimum absolute atomic E-state index is 0.121. The fourth-order valence-electron chi connectivity index (χ4n) is 3.41. The van der Waals surface area contributed by atoms with Gasteiger partial charge in [0, 0.05) is 29.1 Å². The first-order valence-electron chi connectivity index (χ1n) is 9.32. The van der Waals surface area contributed by atoms with Crippen LogP contribution in [-0.2, 0) is 0 Å². The number of amides is 1. The van der Waals surface area contributed by atoms with Gasteiger partial charge in [0.2, 0.25) is 0 Å². The molecule has 1 aliphatic heterocycles. The van der Waals surface area contributed by atoms with Crippen LogP contribution in [-0.4, -0.2) is 41.4 Å². The third-order valence-electron chi connectivity index (χ3n) is 4.94. The van der Waals surface area contributed by atoms with E-state index in [0.717, 1.165) is 30.8 Å². The number of rotatable bonds is 7. The molecule has 0 aromatic heterocycles. The predicted molar refractivity (Wildman–Crippen MR) is 116 cm³/mol. The SMILES string of the molecule is CCN1CCCC1CNC(=O)c1ccc(Sc2ccc(Cl)c(Cl)c2)c([N+](=O)[O-])c1. The maximum absolute atomic E-state index is 12.5. The average molecular weight is 454 g/mol. The maximum Gasteiger partial charge on any atom is 0.284 e. The summed E-state index contributed by atoms with van der Waals surface area (Å²) in [7, 11) is 0. The molecule has 0 bridgehead atoms. The van der Waals surface area contributed by atoms with Gasteiger partial charge in [-0.1, -0.05) is 41.9 Å². The van der Waals surface area contributed by atoms with Crippen molar-refractivity contribution in [2.75, 3.05) is 19.6 Å². The fourth-order valence-corrected chi connectivity index (χ4v) is 4.71. The van der Waals surface area contributed by atoms with E-state index >= 15 is 0 Å². The molecule has 2 aromatic carbocycles. The van der Waals surface area contributed by atoms with Gasteiger partial charge >= 0.3 is 0 Å². The number of nitrogens with zero attached hydrogens (tertiary/aromatic N) is 2. The number of nitro groups is 1. The lowest BCUT2D eigenvalue weighted by Crippen LogP contribution is -2.40. The largest absolute Gasteiger partial charge is 0.350 e. The van der Waals surface area contributed by atoms with Crippen LogP contribution in [0.15, 0.2) is 46.2 Å². The molecule has 0 radical (unpaired) electrons. The van der Waals surface area contributed by atoms with Crippen molar-refractivity contribution < 1.29 is 9.72 Å². The number of nitro benzene ring substituents is 1. The second kappa shape index (κ2) is 9.80. The standard InChI is InChI=1S/C20H21Cl2N3O3S/c1-2-24-9-3-4-14(24)12-23-20(26)13-5-8-19(18(10-13)25(27)28)29-15-6-7-16(21)17(22)11-15/h5-8,10-11,14H,2-4,9,12H2,1H3,(H,23,26). The highest BCUT2D eigenvalue weighted by atomic mass is 35.5. The molecular formula is C20H21Cl2N3O3S. The summed E-state index contributed by atoms with van der Waals surface area (Å²) in [5.41, 5.74) is 0.154. The predicted octanol–water partition coefficient (Wildman–Crippen LogP) is 5.27. The van der Waals surface area contributed by atoms with Crippen LogP contribution in [0, 0.1) is 10.1 Å². The van der Waals surface area contributed by atoms with E-state index in [1.54, 1.807) is 30.3 Å². The van der Waals surface area contributed by atoms with Crippen LogP contribution in [0.3, 0.4) is 0 Å². The zero-order chi connectivity index (χ0) is 21.0. The highest BCUT2D eigenvalue weighted by molar-refractivity contribution is 7.99. The Kier molecular flexibility index (Phi) is 7.40. The van der Waals surface area contributed by atoms with Crippen LogP contribution in [0.1, 0.15) is 30.1 Å². The summed E-state index contributed by atoms with van der Waals surface area (Å²) in [6.07, 6.45) is 2.17. The number of carbonyl (C=O) groups excluding carboxylic acids is 1. The molecule has 0 spiro atoms. The second-order valence-electron chi connectivity index (χ2n) is 6.75. The first kappa shape index (κ1) is 21.9. The van der Waals surface area contributed by atoms with Crippen molar-refractivity contribution >= 4 is 46.6 Å². The Hall–Kier alpha value is -1.80. The fraction of sp³-hybridized carbons (Fsp3) is 0.350.